The number of amides is 1. The minimum Gasteiger partial charge on any atom is -0.507 e. The first-order valence-electron chi connectivity index (χ1n) is 14.3. The number of benzene rings is 2. The van der Waals surface area contributed by atoms with Gasteiger partial charge in [-0.15, -0.1) is 0 Å². The molecule has 0 aromatic heterocycles. The van der Waals surface area contributed by atoms with Crippen molar-refractivity contribution in [2.24, 2.45) is 5.92 Å². The maximum absolute atomic E-state index is 13.4. The predicted octanol–water partition coefficient (Wildman–Crippen LogP) is 4.96. The first-order valence-corrected chi connectivity index (χ1v) is 14.3. The summed E-state index contributed by atoms with van der Waals surface area (Å²) >= 11 is 0. The van der Waals surface area contributed by atoms with Crippen LogP contribution in [0.25, 0.3) is 5.76 Å². The summed E-state index contributed by atoms with van der Waals surface area (Å²) in [6.45, 7) is 13.4. The van der Waals surface area contributed by atoms with Crippen LogP contribution in [0.3, 0.4) is 0 Å². The maximum Gasteiger partial charge on any atom is 0.295 e. The molecule has 1 atom stereocenters. The number of ketones is 1. The van der Waals surface area contributed by atoms with Crippen LogP contribution >= 0.6 is 0 Å². The number of aryl methyl sites for hydroxylation is 1. The van der Waals surface area contributed by atoms with Gasteiger partial charge in [0.05, 0.1) is 38.0 Å². The highest BCUT2D eigenvalue weighted by molar-refractivity contribution is 6.46. The smallest absolute Gasteiger partial charge is 0.295 e. The summed E-state index contributed by atoms with van der Waals surface area (Å²) in [6, 6.07) is 12.1. The largest absolute Gasteiger partial charge is 0.507 e. The van der Waals surface area contributed by atoms with Gasteiger partial charge in [0, 0.05) is 31.7 Å². The molecule has 0 spiro atoms. The number of carbonyl (C=O) groups is 2. The van der Waals surface area contributed by atoms with Crippen molar-refractivity contribution >= 4 is 17.4 Å². The third kappa shape index (κ3) is 7.04. The van der Waals surface area contributed by atoms with Crippen molar-refractivity contribution in [3.63, 3.8) is 0 Å². The van der Waals surface area contributed by atoms with Gasteiger partial charge in [0.2, 0.25) is 0 Å². The minimum atomic E-state index is -0.741. The summed E-state index contributed by atoms with van der Waals surface area (Å²) in [5.74, 6) is 0.232. The Kier molecular flexibility index (Phi) is 10.2. The van der Waals surface area contributed by atoms with Crippen molar-refractivity contribution in [1.82, 2.24) is 9.80 Å². The second kappa shape index (κ2) is 13.8. The molecule has 2 heterocycles. The number of carbonyl (C=O) groups excluding carboxylic acids is 2. The zero-order valence-electron chi connectivity index (χ0n) is 24.2. The number of aliphatic hydroxyl groups excluding tert-OH is 1. The van der Waals surface area contributed by atoms with Gasteiger partial charge in [-0.3, -0.25) is 14.5 Å². The molecule has 0 saturated carbocycles. The van der Waals surface area contributed by atoms with E-state index >= 15 is 0 Å². The molecule has 8 heteroatoms. The first kappa shape index (κ1) is 29.6. The van der Waals surface area contributed by atoms with E-state index in [1.54, 1.807) is 17.0 Å². The summed E-state index contributed by atoms with van der Waals surface area (Å²) in [5, 5.41) is 11.4. The van der Waals surface area contributed by atoms with Gasteiger partial charge in [0.15, 0.2) is 11.5 Å². The number of hydrogen-bond acceptors (Lipinski definition) is 7. The Morgan fingerprint density at radius 2 is 1.75 bits per heavy atom. The SMILES string of the molecule is CCOc1cc(C2/C(=C(\O)c3ccc(C)cc3)C(=O)C(=O)N2CCCN2CCOCC2)ccc1OCCC(C)C. The van der Waals surface area contributed by atoms with E-state index in [0.717, 1.165) is 31.6 Å². The standard InChI is InChI=1S/C32H42N2O6/c1-5-39-27-21-25(11-12-26(27)40-18-13-22(2)3)29-28(30(35)24-9-7-23(4)8-10-24)31(36)32(37)34(29)15-6-14-33-16-19-38-20-17-33/h7-12,21-22,29,35H,5-6,13-20H2,1-4H3/b30-28+. The van der Waals surface area contributed by atoms with Crippen LogP contribution in [0.1, 0.15) is 56.3 Å². The van der Waals surface area contributed by atoms with Crippen LogP contribution in [0, 0.1) is 12.8 Å². The van der Waals surface area contributed by atoms with Crippen LogP contribution in [0.4, 0.5) is 0 Å². The van der Waals surface area contributed by atoms with Gasteiger partial charge < -0.3 is 24.2 Å². The second-order valence-electron chi connectivity index (χ2n) is 10.8. The normalized spacial score (nSPS) is 19.4. The molecule has 0 bridgehead atoms. The van der Waals surface area contributed by atoms with E-state index in [-0.39, 0.29) is 11.3 Å². The molecule has 2 fully saturated rings. The number of ether oxygens (including phenoxy) is 3. The molecule has 1 unspecified atom stereocenters. The minimum absolute atomic E-state index is 0.0937. The number of morpholine rings is 1. The summed E-state index contributed by atoms with van der Waals surface area (Å²) in [5.41, 5.74) is 2.32. The Balaban J connectivity index is 1.69. The van der Waals surface area contributed by atoms with Crippen LogP contribution in [-0.2, 0) is 14.3 Å². The predicted molar refractivity (Wildman–Crippen MR) is 155 cm³/mol. The number of nitrogens with zero attached hydrogens (tertiary/aromatic N) is 2. The van der Waals surface area contributed by atoms with Crippen LogP contribution in [0.5, 0.6) is 11.5 Å². The molecule has 0 radical (unpaired) electrons. The van der Waals surface area contributed by atoms with Crippen LogP contribution in [-0.4, -0.2) is 79.2 Å². The Labute approximate surface area is 237 Å². The van der Waals surface area contributed by atoms with E-state index in [4.69, 9.17) is 14.2 Å². The Bertz CT molecular complexity index is 1200. The molecule has 2 aliphatic heterocycles. The molecular formula is C32H42N2O6. The van der Waals surface area contributed by atoms with Gasteiger partial charge in [-0.1, -0.05) is 49.7 Å². The average molecular weight is 551 g/mol. The van der Waals surface area contributed by atoms with Crippen molar-refractivity contribution in [3.05, 3.63) is 64.7 Å². The summed E-state index contributed by atoms with van der Waals surface area (Å²) in [4.78, 5) is 30.7. The summed E-state index contributed by atoms with van der Waals surface area (Å²) in [7, 11) is 0. The zero-order chi connectivity index (χ0) is 28.6. The highest BCUT2D eigenvalue weighted by Gasteiger charge is 2.46. The molecule has 8 nitrogen and oxygen atoms in total. The van der Waals surface area contributed by atoms with E-state index in [1.165, 1.54) is 0 Å². The summed E-state index contributed by atoms with van der Waals surface area (Å²) < 4.78 is 17.4. The molecule has 2 aromatic carbocycles. The number of likely N-dealkylation sites (tertiary alicyclic amines) is 1. The zero-order valence-corrected chi connectivity index (χ0v) is 24.2. The van der Waals surface area contributed by atoms with Gasteiger partial charge in [-0.05, 0) is 50.3 Å². The molecule has 4 rings (SSSR count). The lowest BCUT2D eigenvalue weighted by atomic mass is 9.94. The Morgan fingerprint density at radius 3 is 2.42 bits per heavy atom. The quantitative estimate of drug-likeness (QED) is 0.227. The molecule has 1 amide bonds. The van der Waals surface area contributed by atoms with Gasteiger partial charge in [0.1, 0.15) is 5.76 Å². The van der Waals surface area contributed by atoms with Gasteiger partial charge >= 0.3 is 0 Å². The molecule has 2 saturated heterocycles. The average Bonchev–Trinajstić information content (AvgIpc) is 3.19. The third-order valence-electron chi connectivity index (χ3n) is 7.38. The highest BCUT2D eigenvalue weighted by Crippen LogP contribution is 2.42. The van der Waals surface area contributed by atoms with Gasteiger partial charge in [0.25, 0.3) is 11.7 Å². The van der Waals surface area contributed by atoms with Gasteiger partial charge in [-0.25, -0.2) is 0 Å². The molecule has 2 aromatic rings. The maximum atomic E-state index is 13.4. The van der Waals surface area contributed by atoms with Crippen LogP contribution in [0.2, 0.25) is 0 Å². The van der Waals surface area contributed by atoms with Crippen LogP contribution in [0.15, 0.2) is 48.0 Å². The first-order chi connectivity index (χ1) is 19.3. The van der Waals surface area contributed by atoms with E-state index < -0.39 is 17.7 Å². The van der Waals surface area contributed by atoms with Gasteiger partial charge in [-0.2, -0.15) is 0 Å². The lowest BCUT2D eigenvalue weighted by molar-refractivity contribution is -0.140. The molecule has 2 aliphatic rings. The van der Waals surface area contributed by atoms with Crippen LogP contribution < -0.4 is 9.47 Å². The molecule has 1 N–H and O–H groups in total. The second-order valence-corrected chi connectivity index (χ2v) is 10.8. The van der Waals surface area contributed by atoms with Crippen molar-refractivity contribution in [2.45, 2.75) is 46.6 Å². The number of hydrogen-bond donors (Lipinski definition) is 1. The molecule has 40 heavy (non-hydrogen) atoms. The Morgan fingerprint density at radius 1 is 1.02 bits per heavy atom. The molecule has 216 valence electrons. The number of Topliss-reactive ketones (excluding diaryl/α,β-unsaturated/α-hetero) is 1. The summed E-state index contributed by atoms with van der Waals surface area (Å²) in [6.07, 6.45) is 1.61. The molecule has 0 aliphatic carbocycles. The lowest BCUT2D eigenvalue weighted by Gasteiger charge is -2.29. The van der Waals surface area contributed by atoms with E-state index in [9.17, 15) is 14.7 Å². The van der Waals surface area contributed by atoms with E-state index in [1.807, 2.05) is 44.2 Å². The number of rotatable bonds is 12. The van der Waals surface area contributed by atoms with Crippen molar-refractivity contribution < 1.29 is 28.9 Å². The number of aliphatic hydroxyl groups is 1. The van der Waals surface area contributed by atoms with Crippen molar-refractivity contribution in [1.29, 1.82) is 0 Å². The fourth-order valence-corrected chi connectivity index (χ4v) is 5.10. The fraction of sp³-hybridized carbons (Fsp3) is 0.500. The van der Waals surface area contributed by atoms with E-state index in [0.29, 0.717) is 67.9 Å². The highest BCUT2D eigenvalue weighted by atomic mass is 16.5. The monoisotopic (exact) mass is 550 g/mol. The van der Waals surface area contributed by atoms with E-state index in [2.05, 4.69) is 18.7 Å². The fourth-order valence-electron chi connectivity index (χ4n) is 5.10. The third-order valence-corrected chi connectivity index (χ3v) is 7.38. The molecular weight excluding hydrogens is 508 g/mol. The van der Waals surface area contributed by atoms with Crippen molar-refractivity contribution in [2.75, 3.05) is 52.6 Å². The lowest BCUT2D eigenvalue weighted by Crippen LogP contribution is -2.39. The Hall–Kier alpha value is -3.36. The topological polar surface area (TPSA) is 88.5 Å². The van der Waals surface area contributed by atoms with Crippen molar-refractivity contribution in [3.8, 4) is 11.5 Å².